The fourth-order valence-electron chi connectivity index (χ4n) is 2.72. The number of aromatic nitrogens is 4. The number of fused-ring (bicyclic) bond motifs is 1. The van der Waals surface area contributed by atoms with Crippen LogP contribution in [0.4, 0.5) is 9.93 Å². The van der Waals surface area contributed by atoms with Gasteiger partial charge in [-0.25, -0.2) is 19.7 Å². The monoisotopic (exact) mass is 376 g/mol. The van der Waals surface area contributed by atoms with E-state index >= 15 is 0 Å². The van der Waals surface area contributed by atoms with Gasteiger partial charge < -0.3 is 5.32 Å². The number of carbonyl (C=O) groups excluding carboxylic acids is 1. The van der Waals surface area contributed by atoms with Crippen molar-refractivity contribution in [1.29, 1.82) is 0 Å². The van der Waals surface area contributed by atoms with Gasteiger partial charge in [-0.1, -0.05) is 17.4 Å². The van der Waals surface area contributed by atoms with Crippen LogP contribution in [-0.2, 0) is 0 Å². The minimum atomic E-state index is -0.271. The van der Waals surface area contributed by atoms with Crippen LogP contribution < -0.4 is 10.6 Å². The first kappa shape index (κ1) is 17.0. The molecule has 0 radical (unpaired) electrons. The third-order valence-corrected chi connectivity index (χ3v) is 4.90. The number of pyridine rings is 1. The molecule has 0 fully saturated rings. The van der Waals surface area contributed by atoms with Crippen LogP contribution in [0, 0.1) is 0 Å². The van der Waals surface area contributed by atoms with Crippen LogP contribution >= 0.6 is 11.3 Å². The Labute approximate surface area is 159 Å². The summed E-state index contributed by atoms with van der Waals surface area (Å²) in [6.07, 6.45) is 6.78. The van der Waals surface area contributed by atoms with Crippen LogP contribution in [0.15, 0.2) is 55.2 Å². The minimum Gasteiger partial charge on any atom is -0.338 e. The van der Waals surface area contributed by atoms with Gasteiger partial charge >= 0.3 is 6.03 Å². The maximum Gasteiger partial charge on any atom is 0.321 e. The Morgan fingerprint density at radius 1 is 1.15 bits per heavy atom. The topological polar surface area (TPSA) is 92.7 Å². The zero-order valence-electron chi connectivity index (χ0n) is 14.5. The van der Waals surface area contributed by atoms with Crippen LogP contribution in [0.3, 0.4) is 0 Å². The van der Waals surface area contributed by atoms with Crippen molar-refractivity contribution in [2.24, 2.45) is 0 Å². The third-order valence-electron chi connectivity index (χ3n) is 3.88. The number of nitrogens with one attached hydrogen (secondary N) is 2. The summed E-state index contributed by atoms with van der Waals surface area (Å²) in [6, 6.07) is 9.53. The highest BCUT2D eigenvalue weighted by Crippen LogP contribution is 2.37. The Hall–Kier alpha value is -3.39. The van der Waals surface area contributed by atoms with Crippen molar-refractivity contribution < 1.29 is 4.79 Å². The molecule has 3 aromatic heterocycles. The normalized spacial score (nSPS) is 10.7. The van der Waals surface area contributed by atoms with E-state index in [1.165, 1.54) is 17.7 Å². The van der Waals surface area contributed by atoms with Crippen LogP contribution in [0.2, 0.25) is 0 Å². The third kappa shape index (κ3) is 3.61. The van der Waals surface area contributed by atoms with E-state index in [1.54, 1.807) is 18.6 Å². The zero-order valence-corrected chi connectivity index (χ0v) is 15.3. The molecular weight excluding hydrogens is 360 g/mol. The van der Waals surface area contributed by atoms with Crippen molar-refractivity contribution in [2.75, 3.05) is 11.9 Å². The highest BCUT2D eigenvalue weighted by Gasteiger charge is 2.15. The second-order valence-electron chi connectivity index (χ2n) is 5.72. The Morgan fingerprint density at radius 3 is 2.74 bits per heavy atom. The maximum absolute atomic E-state index is 11.8. The van der Waals surface area contributed by atoms with Gasteiger partial charge in [0.1, 0.15) is 6.33 Å². The smallest absolute Gasteiger partial charge is 0.321 e. The molecule has 0 spiro atoms. The van der Waals surface area contributed by atoms with E-state index in [-0.39, 0.29) is 6.03 Å². The molecule has 0 saturated carbocycles. The number of carbonyl (C=O) groups is 1. The van der Waals surface area contributed by atoms with Crippen LogP contribution in [0.25, 0.3) is 32.6 Å². The van der Waals surface area contributed by atoms with Crippen molar-refractivity contribution >= 4 is 32.7 Å². The Balaban J connectivity index is 1.86. The largest absolute Gasteiger partial charge is 0.338 e. The highest BCUT2D eigenvalue weighted by atomic mass is 32.1. The average Bonchev–Trinajstić information content (AvgIpc) is 3.11. The molecule has 0 aliphatic heterocycles. The zero-order chi connectivity index (χ0) is 18.6. The molecule has 3 heterocycles. The SMILES string of the molecule is CCNC(=O)Nc1nc2cc(-c3cncnc3)cc(-c3ccccn3)c2s1. The number of benzene rings is 1. The van der Waals surface area contributed by atoms with Gasteiger partial charge in [0.05, 0.1) is 15.9 Å². The van der Waals surface area contributed by atoms with Crippen molar-refractivity contribution in [2.45, 2.75) is 6.92 Å². The minimum absolute atomic E-state index is 0.271. The molecule has 4 aromatic rings. The summed E-state index contributed by atoms with van der Waals surface area (Å²) >= 11 is 1.42. The van der Waals surface area contributed by atoms with E-state index in [9.17, 15) is 4.79 Å². The molecule has 0 aliphatic rings. The van der Waals surface area contributed by atoms with E-state index in [0.717, 1.165) is 32.6 Å². The average molecular weight is 376 g/mol. The number of anilines is 1. The van der Waals surface area contributed by atoms with Crippen molar-refractivity contribution in [3.8, 4) is 22.4 Å². The quantitative estimate of drug-likeness (QED) is 0.562. The molecule has 0 aliphatic carbocycles. The summed E-state index contributed by atoms with van der Waals surface area (Å²) in [7, 11) is 0. The van der Waals surface area contributed by atoms with E-state index in [1.807, 2.05) is 31.2 Å². The van der Waals surface area contributed by atoms with E-state index < -0.39 is 0 Å². The summed E-state index contributed by atoms with van der Waals surface area (Å²) in [5.74, 6) is 0. The predicted octanol–water partition coefficient (Wildman–Crippen LogP) is 3.96. The number of urea groups is 1. The molecule has 0 bridgehead atoms. The van der Waals surface area contributed by atoms with Gasteiger partial charge in [0.15, 0.2) is 5.13 Å². The lowest BCUT2D eigenvalue weighted by atomic mass is 10.0. The van der Waals surface area contributed by atoms with E-state index in [2.05, 4.69) is 36.6 Å². The lowest BCUT2D eigenvalue weighted by molar-refractivity contribution is 0.252. The summed E-state index contributed by atoms with van der Waals surface area (Å²) in [6.45, 7) is 2.42. The fraction of sp³-hybridized carbons (Fsp3) is 0.105. The van der Waals surface area contributed by atoms with E-state index in [0.29, 0.717) is 11.7 Å². The van der Waals surface area contributed by atoms with Gasteiger partial charge in [0.25, 0.3) is 0 Å². The first-order valence-corrected chi connectivity index (χ1v) is 9.22. The predicted molar refractivity (Wildman–Crippen MR) is 107 cm³/mol. The van der Waals surface area contributed by atoms with Crippen molar-refractivity contribution in [3.05, 3.63) is 55.2 Å². The lowest BCUT2D eigenvalue weighted by Gasteiger charge is -2.06. The molecular formula is C19H16N6OS. The van der Waals surface area contributed by atoms with Crippen LogP contribution in [0.1, 0.15) is 6.92 Å². The molecule has 0 unspecified atom stereocenters. The second-order valence-corrected chi connectivity index (χ2v) is 6.72. The number of hydrogen-bond donors (Lipinski definition) is 2. The standard InChI is InChI=1S/C19H16N6OS/c1-2-22-18(26)25-19-24-16-8-12(13-9-20-11-21-10-13)7-14(17(16)27-19)15-5-3-4-6-23-15/h3-11H,2H2,1H3,(H2,22,24,25,26). The second kappa shape index (κ2) is 7.46. The van der Waals surface area contributed by atoms with Gasteiger partial charge in [-0.05, 0) is 36.8 Å². The van der Waals surface area contributed by atoms with Gasteiger partial charge in [-0.3, -0.25) is 10.3 Å². The summed E-state index contributed by atoms with van der Waals surface area (Å²) in [4.78, 5) is 29.1. The number of amides is 2. The molecule has 0 atom stereocenters. The molecule has 2 N–H and O–H groups in total. The van der Waals surface area contributed by atoms with Crippen LogP contribution in [0.5, 0.6) is 0 Å². The fourth-order valence-corrected chi connectivity index (χ4v) is 3.68. The number of nitrogens with zero attached hydrogens (tertiary/aromatic N) is 4. The first-order chi connectivity index (χ1) is 13.2. The Kier molecular flexibility index (Phi) is 4.71. The molecule has 1 aromatic carbocycles. The van der Waals surface area contributed by atoms with Gasteiger partial charge in [0, 0.05) is 36.3 Å². The molecule has 8 heteroatoms. The summed E-state index contributed by atoms with van der Waals surface area (Å²) < 4.78 is 0.959. The van der Waals surface area contributed by atoms with Crippen molar-refractivity contribution in [1.82, 2.24) is 25.3 Å². The van der Waals surface area contributed by atoms with Gasteiger partial charge in [0.2, 0.25) is 0 Å². The first-order valence-electron chi connectivity index (χ1n) is 8.41. The Bertz CT molecular complexity index is 1080. The summed E-state index contributed by atoms with van der Waals surface area (Å²) in [5, 5.41) is 6.03. The molecule has 134 valence electrons. The number of hydrogen-bond acceptors (Lipinski definition) is 6. The molecule has 2 amide bonds. The number of rotatable bonds is 4. The molecule has 4 rings (SSSR count). The number of thiazole rings is 1. The van der Waals surface area contributed by atoms with E-state index in [4.69, 9.17) is 0 Å². The molecule has 27 heavy (non-hydrogen) atoms. The lowest BCUT2D eigenvalue weighted by Crippen LogP contribution is -2.28. The van der Waals surface area contributed by atoms with Gasteiger partial charge in [-0.2, -0.15) is 0 Å². The maximum atomic E-state index is 11.8. The summed E-state index contributed by atoms with van der Waals surface area (Å²) in [5.41, 5.74) is 4.41. The van der Waals surface area contributed by atoms with Gasteiger partial charge in [-0.15, -0.1) is 0 Å². The Morgan fingerprint density at radius 2 is 2.00 bits per heavy atom. The molecule has 0 saturated heterocycles. The van der Waals surface area contributed by atoms with Crippen LogP contribution in [-0.4, -0.2) is 32.5 Å². The van der Waals surface area contributed by atoms with Crippen molar-refractivity contribution in [3.63, 3.8) is 0 Å². The highest BCUT2D eigenvalue weighted by molar-refractivity contribution is 7.22. The molecule has 7 nitrogen and oxygen atoms in total.